The quantitative estimate of drug-likeness (QED) is 0.659. The van der Waals surface area contributed by atoms with Gasteiger partial charge < -0.3 is 10.9 Å². The molecule has 1 aliphatic carbocycles. The molecule has 0 amide bonds. The Morgan fingerprint density at radius 1 is 1.27 bits per heavy atom. The van der Waals surface area contributed by atoms with Crippen LogP contribution in [0.25, 0.3) is 0 Å². The maximum Gasteiger partial charge on any atom is 0.220 e. The van der Waals surface area contributed by atoms with E-state index in [1.54, 1.807) is 12.1 Å². The normalized spacial score (nSPS) is 19.2. The molecule has 3 N–H and O–H groups in total. The second kappa shape index (κ2) is 5.71. The van der Waals surface area contributed by atoms with Crippen LogP contribution in [0.3, 0.4) is 0 Å². The third-order valence-electron chi connectivity index (χ3n) is 4.04. The maximum absolute atomic E-state index is 13.1. The summed E-state index contributed by atoms with van der Waals surface area (Å²) >= 11 is 0. The molecular weight excluding hydrogens is 283 g/mol. The number of nitrogen functional groups attached to an aromatic ring is 1. The molecule has 114 valence electrons. The van der Waals surface area contributed by atoms with Crippen LogP contribution in [0, 0.1) is 5.82 Å². The number of fused-ring (bicyclic) bond motifs is 1. The van der Waals surface area contributed by atoms with Gasteiger partial charge in [0.2, 0.25) is 5.95 Å². The van der Waals surface area contributed by atoms with Gasteiger partial charge in [-0.05, 0) is 36.5 Å². The molecule has 2 aromatic rings. The first kappa shape index (κ1) is 14.4. The van der Waals surface area contributed by atoms with Gasteiger partial charge in [-0.2, -0.15) is 0 Å². The van der Waals surface area contributed by atoms with Crippen molar-refractivity contribution in [2.24, 2.45) is 5.16 Å². The van der Waals surface area contributed by atoms with Gasteiger partial charge in [-0.1, -0.05) is 24.2 Å². The number of halogens is 1. The predicted octanol–water partition coefficient (Wildman–Crippen LogP) is 2.67. The Morgan fingerprint density at radius 3 is 2.64 bits per heavy atom. The number of benzene rings is 1. The topological polar surface area (TPSA) is 84.4 Å². The van der Waals surface area contributed by atoms with Gasteiger partial charge in [-0.15, -0.1) is 0 Å². The fourth-order valence-corrected chi connectivity index (χ4v) is 3.02. The van der Waals surface area contributed by atoms with E-state index in [9.17, 15) is 9.60 Å². The second-order valence-electron chi connectivity index (χ2n) is 5.41. The molecule has 1 atom stereocenters. The highest BCUT2D eigenvalue weighted by Crippen LogP contribution is 2.33. The average Bonchev–Trinajstić information content (AvgIpc) is 2.53. The molecule has 1 aromatic heterocycles. The van der Waals surface area contributed by atoms with E-state index in [1.165, 1.54) is 12.1 Å². The molecule has 0 aliphatic heterocycles. The summed E-state index contributed by atoms with van der Waals surface area (Å²) in [6.07, 6.45) is 1.92. The molecule has 0 radical (unpaired) electrons. The highest BCUT2D eigenvalue weighted by atomic mass is 19.1. The molecule has 6 heteroatoms. The van der Waals surface area contributed by atoms with E-state index in [0.29, 0.717) is 25.0 Å². The van der Waals surface area contributed by atoms with Gasteiger partial charge in [0, 0.05) is 12.0 Å². The number of aryl methyl sites for hydroxylation is 1. The van der Waals surface area contributed by atoms with Gasteiger partial charge in [0.15, 0.2) is 0 Å². The lowest BCUT2D eigenvalue weighted by molar-refractivity contribution is 0.316. The van der Waals surface area contributed by atoms with Gasteiger partial charge in [0.05, 0.1) is 17.1 Å². The number of nitrogens with zero attached hydrogens (tertiary/aromatic N) is 3. The molecule has 1 aromatic carbocycles. The monoisotopic (exact) mass is 300 g/mol. The van der Waals surface area contributed by atoms with Gasteiger partial charge in [0.1, 0.15) is 5.82 Å². The molecule has 1 unspecified atom stereocenters. The molecule has 0 saturated heterocycles. The SMILES string of the molecule is CCc1nc(N)nc2c1C(=NO)CC(c1ccc(F)cc1)C2. The van der Waals surface area contributed by atoms with Crippen LogP contribution in [0.5, 0.6) is 0 Å². The van der Waals surface area contributed by atoms with E-state index in [4.69, 9.17) is 5.73 Å². The van der Waals surface area contributed by atoms with Crippen LogP contribution in [0.1, 0.15) is 41.8 Å². The summed E-state index contributed by atoms with van der Waals surface area (Å²) in [5.74, 6) is 0.0431. The standard InChI is InChI=1S/C16H17FN4O/c1-2-12-15-13(20-16(18)19-12)7-10(8-14(15)21-22)9-3-5-11(17)6-4-9/h3-6,10,22H,2,7-8H2,1H3,(H2,18,19,20). The number of nitrogens with two attached hydrogens (primary N) is 1. The Bertz CT molecular complexity index is 728. The molecule has 22 heavy (non-hydrogen) atoms. The van der Waals surface area contributed by atoms with Crippen LogP contribution in [0.2, 0.25) is 0 Å². The number of aromatic nitrogens is 2. The summed E-state index contributed by atoms with van der Waals surface area (Å²) in [4.78, 5) is 8.55. The van der Waals surface area contributed by atoms with Crippen LogP contribution in [-0.4, -0.2) is 20.9 Å². The number of rotatable bonds is 2. The Labute approximate surface area is 127 Å². The van der Waals surface area contributed by atoms with Crippen molar-refractivity contribution in [2.45, 2.75) is 32.1 Å². The molecule has 0 spiro atoms. The largest absolute Gasteiger partial charge is 0.411 e. The molecular formula is C16H17FN4O. The highest BCUT2D eigenvalue weighted by molar-refractivity contribution is 6.03. The summed E-state index contributed by atoms with van der Waals surface area (Å²) in [6.45, 7) is 1.98. The number of oxime groups is 1. The zero-order chi connectivity index (χ0) is 15.7. The Balaban J connectivity index is 2.05. The third kappa shape index (κ3) is 2.52. The molecule has 1 heterocycles. The third-order valence-corrected chi connectivity index (χ3v) is 4.04. The van der Waals surface area contributed by atoms with Crippen molar-refractivity contribution in [3.63, 3.8) is 0 Å². The van der Waals surface area contributed by atoms with Crippen molar-refractivity contribution >= 4 is 11.7 Å². The fourth-order valence-electron chi connectivity index (χ4n) is 3.02. The zero-order valence-electron chi connectivity index (χ0n) is 12.3. The van der Waals surface area contributed by atoms with Crippen molar-refractivity contribution in [1.82, 2.24) is 9.97 Å². The summed E-state index contributed by atoms with van der Waals surface area (Å²) in [5, 5.41) is 12.8. The first-order valence-electron chi connectivity index (χ1n) is 7.24. The van der Waals surface area contributed by atoms with E-state index >= 15 is 0 Å². The highest BCUT2D eigenvalue weighted by Gasteiger charge is 2.29. The van der Waals surface area contributed by atoms with Crippen LogP contribution in [0.4, 0.5) is 10.3 Å². The Morgan fingerprint density at radius 2 is 2.00 bits per heavy atom. The number of hydrogen-bond donors (Lipinski definition) is 2. The number of anilines is 1. The molecule has 3 rings (SSSR count). The summed E-state index contributed by atoms with van der Waals surface area (Å²) < 4.78 is 13.1. The van der Waals surface area contributed by atoms with Crippen molar-refractivity contribution in [3.8, 4) is 0 Å². The van der Waals surface area contributed by atoms with Crippen LogP contribution >= 0.6 is 0 Å². The van der Waals surface area contributed by atoms with E-state index in [0.717, 1.165) is 22.5 Å². The van der Waals surface area contributed by atoms with E-state index in [1.807, 2.05) is 6.92 Å². The first-order chi connectivity index (χ1) is 10.6. The zero-order valence-corrected chi connectivity index (χ0v) is 12.3. The Hall–Kier alpha value is -2.50. The number of hydrogen-bond acceptors (Lipinski definition) is 5. The molecule has 0 fully saturated rings. The lowest BCUT2D eigenvalue weighted by Crippen LogP contribution is -2.24. The van der Waals surface area contributed by atoms with Crippen molar-refractivity contribution < 1.29 is 9.60 Å². The van der Waals surface area contributed by atoms with Gasteiger partial charge in [-0.3, -0.25) is 0 Å². The van der Waals surface area contributed by atoms with Gasteiger partial charge >= 0.3 is 0 Å². The van der Waals surface area contributed by atoms with E-state index < -0.39 is 0 Å². The molecule has 0 saturated carbocycles. The Kier molecular flexibility index (Phi) is 3.75. The van der Waals surface area contributed by atoms with Gasteiger partial charge in [-0.25, -0.2) is 14.4 Å². The molecule has 1 aliphatic rings. The van der Waals surface area contributed by atoms with Crippen molar-refractivity contribution in [3.05, 3.63) is 52.6 Å². The summed E-state index contributed by atoms with van der Waals surface area (Å²) in [6, 6.07) is 6.38. The smallest absolute Gasteiger partial charge is 0.220 e. The fraction of sp³-hybridized carbons (Fsp3) is 0.312. The molecule has 0 bridgehead atoms. The first-order valence-corrected chi connectivity index (χ1v) is 7.24. The van der Waals surface area contributed by atoms with Crippen LogP contribution < -0.4 is 5.73 Å². The minimum atomic E-state index is -0.268. The van der Waals surface area contributed by atoms with Crippen molar-refractivity contribution in [1.29, 1.82) is 0 Å². The van der Waals surface area contributed by atoms with E-state index in [-0.39, 0.29) is 17.7 Å². The van der Waals surface area contributed by atoms with E-state index in [2.05, 4.69) is 15.1 Å². The summed E-state index contributed by atoms with van der Waals surface area (Å²) in [7, 11) is 0. The lowest BCUT2D eigenvalue weighted by atomic mass is 9.80. The van der Waals surface area contributed by atoms with Crippen LogP contribution in [-0.2, 0) is 12.8 Å². The average molecular weight is 300 g/mol. The van der Waals surface area contributed by atoms with Crippen LogP contribution in [0.15, 0.2) is 29.4 Å². The lowest BCUT2D eigenvalue weighted by Gasteiger charge is -2.26. The maximum atomic E-state index is 13.1. The minimum Gasteiger partial charge on any atom is -0.411 e. The van der Waals surface area contributed by atoms with Gasteiger partial charge in [0.25, 0.3) is 0 Å². The second-order valence-corrected chi connectivity index (χ2v) is 5.41. The minimum absolute atomic E-state index is 0.0815. The van der Waals surface area contributed by atoms with Crippen molar-refractivity contribution in [2.75, 3.05) is 5.73 Å². The summed E-state index contributed by atoms with van der Waals surface area (Å²) in [5.41, 5.74) is 9.72. The predicted molar refractivity (Wildman–Crippen MR) is 81.6 cm³/mol. The molecule has 5 nitrogen and oxygen atoms in total.